The number of fused-ring (bicyclic) bond motifs is 2. The normalized spacial score (nSPS) is 19.3. The van der Waals surface area contributed by atoms with Gasteiger partial charge in [0.15, 0.2) is 5.82 Å². The van der Waals surface area contributed by atoms with Crippen molar-refractivity contribution in [1.82, 2.24) is 14.9 Å². The molecule has 2 aromatic carbocycles. The first-order valence-corrected chi connectivity index (χ1v) is 11.7. The number of aromatic nitrogens is 2. The summed E-state index contributed by atoms with van der Waals surface area (Å²) in [5.74, 6) is 1.67. The number of urea groups is 1. The Bertz CT molecular complexity index is 1120. The molecule has 5 rings (SSSR count). The van der Waals surface area contributed by atoms with E-state index in [1.54, 1.807) is 0 Å². The van der Waals surface area contributed by atoms with Crippen molar-refractivity contribution in [1.29, 1.82) is 0 Å². The van der Waals surface area contributed by atoms with Gasteiger partial charge in [0.25, 0.3) is 0 Å². The summed E-state index contributed by atoms with van der Waals surface area (Å²) in [4.78, 5) is 26.7. The zero-order valence-electron chi connectivity index (χ0n) is 19.6. The molecule has 2 N–H and O–H groups in total. The van der Waals surface area contributed by atoms with E-state index in [2.05, 4.69) is 26.5 Å². The molecule has 3 aromatic rings. The van der Waals surface area contributed by atoms with Crippen molar-refractivity contribution >= 4 is 23.2 Å². The lowest BCUT2D eigenvalue weighted by molar-refractivity contribution is 0.0902. The van der Waals surface area contributed by atoms with Gasteiger partial charge in [0.05, 0.1) is 31.0 Å². The van der Waals surface area contributed by atoms with Crippen LogP contribution in [0, 0.1) is 0 Å². The number of nitrogens with one attached hydrogen (secondary N) is 2. The number of para-hydroxylation sites is 1. The topological polar surface area (TPSA) is 82.6 Å². The molecule has 2 aliphatic rings. The summed E-state index contributed by atoms with van der Waals surface area (Å²) in [7, 11) is 4.08. The van der Waals surface area contributed by atoms with Crippen molar-refractivity contribution in [2.75, 3.05) is 42.8 Å². The summed E-state index contributed by atoms with van der Waals surface area (Å²) in [6, 6.07) is 19.6. The Morgan fingerprint density at radius 3 is 2.26 bits per heavy atom. The number of carbonyl (C=O) groups is 1. The molecule has 1 aromatic heterocycles. The monoisotopic (exact) mass is 458 g/mol. The van der Waals surface area contributed by atoms with Gasteiger partial charge in [0.2, 0.25) is 0 Å². The van der Waals surface area contributed by atoms with Gasteiger partial charge in [-0.1, -0.05) is 18.2 Å². The van der Waals surface area contributed by atoms with Crippen LogP contribution >= 0.6 is 0 Å². The van der Waals surface area contributed by atoms with Gasteiger partial charge in [-0.3, -0.25) is 0 Å². The zero-order chi connectivity index (χ0) is 23.5. The van der Waals surface area contributed by atoms with Crippen molar-refractivity contribution < 1.29 is 9.53 Å². The van der Waals surface area contributed by atoms with Crippen LogP contribution in [-0.4, -0.2) is 60.3 Å². The van der Waals surface area contributed by atoms with Crippen LogP contribution in [0.4, 0.5) is 22.0 Å². The highest BCUT2D eigenvalue weighted by Crippen LogP contribution is 2.34. The number of amides is 2. The number of hydrogen-bond acceptors (Lipinski definition) is 6. The Morgan fingerprint density at radius 2 is 1.62 bits per heavy atom. The third-order valence-corrected chi connectivity index (χ3v) is 6.18. The molecule has 2 saturated heterocycles. The van der Waals surface area contributed by atoms with Gasteiger partial charge < -0.3 is 25.2 Å². The average molecular weight is 459 g/mol. The molecular formula is C26H30N6O2. The van der Waals surface area contributed by atoms with Gasteiger partial charge >= 0.3 is 6.03 Å². The van der Waals surface area contributed by atoms with Crippen LogP contribution in [0.3, 0.4) is 0 Å². The zero-order valence-corrected chi connectivity index (χ0v) is 19.6. The molecule has 34 heavy (non-hydrogen) atoms. The Balaban J connectivity index is 1.36. The van der Waals surface area contributed by atoms with Crippen LogP contribution in [0.25, 0.3) is 11.4 Å². The fourth-order valence-corrected chi connectivity index (χ4v) is 4.67. The number of hydrogen-bond donors (Lipinski definition) is 2. The molecule has 0 aliphatic carbocycles. The minimum absolute atomic E-state index is 0.284. The minimum atomic E-state index is -0.284. The summed E-state index contributed by atoms with van der Waals surface area (Å²) in [6.07, 6.45) is 2.27. The van der Waals surface area contributed by atoms with E-state index in [0.29, 0.717) is 23.6 Å². The molecule has 8 nitrogen and oxygen atoms in total. The minimum Gasteiger partial charge on any atom is -0.377 e. The van der Waals surface area contributed by atoms with Gasteiger partial charge in [-0.25, -0.2) is 14.8 Å². The predicted octanol–water partition coefficient (Wildman–Crippen LogP) is 4.22. The largest absolute Gasteiger partial charge is 0.377 e. The lowest BCUT2D eigenvalue weighted by atomic mass is 10.1. The Labute approximate surface area is 200 Å². The standard InChI is InChI=1S/C26H30N6O2/c1-31(2)15-21-14-24(32-22-12-13-23(32)17-34-16-22)30-25(27-21)18-8-10-20(11-9-18)29-26(33)28-19-6-4-3-5-7-19/h3-11,14,22-23H,12-13,15-17H2,1-2H3,(H2,28,29,33). The molecular weight excluding hydrogens is 428 g/mol. The first-order chi connectivity index (χ1) is 16.5. The highest BCUT2D eigenvalue weighted by atomic mass is 16.5. The summed E-state index contributed by atoms with van der Waals surface area (Å²) < 4.78 is 5.77. The maximum Gasteiger partial charge on any atom is 0.323 e. The number of carbonyl (C=O) groups excluding carboxylic acids is 1. The van der Waals surface area contributed by atoms with E-state index in [0.717, 1.165) is 55.4 Å². The van der Waals surface area contributed by atoms with Crippen molar-refractivity contribution in [3.05, 3.63) is 66.4 Å². The highest BCUT2D eigenvalue weighted by molar-refractivity contribution is 5.99. The van der Waals surface area contributed by atoms with Gasteiger partial charge in [0, 0.05) is 29.5 Å². The van der Waals surface area contributed by atoms with Crippen LogP contribution in [0.1, 0.15) is 18.5 Å². The van der Waals surface area contributed by atoms with E-state index in [-0.39, 0.29) is 6.03 Å². The fourth-order valence-electron chi connectivity index (χ4n) is 4.67. The summed E-state index contributed by atoms with van der Waals surface area (Å²) in [5.41, 5.74) is 3.34. The first kappa shape index (κ1) is 22.3. The number of morpholine rings is 1. The fraction of sp³-hybridized carbons (Fsp3) is 0.346. The van der Waals surface area contributed by atoms with Gasteiger partial charge in [-0.05, 0) is 63.3 Å². The number of benzene rings is 2. The molecule has 0 saturated carbocycles. The molecule has 176 valence electrons. The molecule has 2 amide bonds. The van der Waals surface area contributed by atoms with E-state index >= 15 is 0 Å². The lowest BCUT2D eigenvalue weighted by Gasteiger charge is -2.36. The first-order valence-electron chi connectivity index (χ1n) is 11.7. The molecule has 2 fully saturated rings. The number of anilines is 3. The number of rotatable bonds is 6. The highest BCUT2D eigenvalue weighted by Gasteiger charge is 2.38. The molecule has 2 atom stereocenters. The van der Waals surface area contributed by atoms with Crippen molar-refractivity contribution in [2.45, 2.75) is 31.5 Å². The second-order valence-electron chi connectivity index (χ2n) is 9.13. The summed E-state index contributed by atoms with van der Waals surface area (Å²) in [5, 5.41) is 5.70. The van der Waals surface area contributed by atoms with Crippen molar-refractivity contribution in [2.24, 2.45) is 0 Å². The lowest BCUT2D eigenvalue weighted by Crippen LogP contribution is -2.46. The Hall–Kier alpha value is -3.49. The number of nitrogens with zero attached hydrogens (tertiary/aromatic N) is 4. The van der Waals surface area contributed by atoms with Crippen LogP contribution in [-0.2, 0) is 11.3 Å². The third-order valence-electron chi connectivity index (χ3n) is 6.18. The van der Waals surface area contributed by atoms with Gasteiger partial charge in [0.1, 0.15) is 5.82 Å². The van der Waals surface area contributed by atoms with Gasteiger partial charge in [-0.15, -0.1) is 0 Å². The molecule has 8 heteroatoms. The molecule has 0 spiro atoms. The van der Waals surface area contributed by atoms with Gasteiger partial charge in [-0.2, -0.15) is 0 Å². The quantitative estimate of drug-likeness (QED) is 0.576. The summed E-state index contributed by atoms with van der Waals surface area (Å²) >= 11 is 0. The molecule has 3 heterocycles. The van der Waals surface area contributed by atoms with E-state index in [1.165, 1.54) is 0 Å². The molecule has 2 unspecified atom stereocenters. The van der Waals surface area contributed by atoms with E-state index in [1.807, 2.05) is 68.7 Å². The van der Waals surface area contributed by atoms with Crippen LogP contribution in [0.2, 0.25) is 0 Å². The van der Waals surface area contributed by atoms with E-state index in [4.69, 9.17) is 14.7 Å². The Morgan fingerprint density at radius 1 is 0.971 bits per heavy atom. The van der Waals surface area contributed by atoms with Crippen LogP contribution in [0.15, 0.2) is 60.7 Å². The maximum atomic E-state index is 12.3. The van der Waals surface area contributed by atoms with E-state index < -0.39 is 0 Å². The third kappa shape index (κ3) is 5.03. The van der Waals surface area contributed by atoms with Crippen molar-refractivity contribution in [3.63, 3.8) is 0 Å². The molecule has 2 bridgehead atoms. The predicted molar refractivity (Wildman–Crippen MR) is 134 cm³/mol. The van der Waals surface area contributed by atoms with Crippen LogP contribution < -0.4 is 15.5 Å². The second-order valence-corrected chi connectivity index (χ2v) is 9.13. The SMILES string of the molecule is CN(C)Cc1cc(N2C3CCC2COC3)nc(-c2ccc(NC(=O)Nc3ccccc3)cc2)n1. The van der Waals surface area contributed by atoms with E-state index in [9.17, 15) is 4.79 Å². The second kappa shape index (κ2) is 9.79. The molecule has 2 aliphatic heterocycles. The molecule has 0 radical (unpaired) electrons. The number of ether oxygens (including phenoxy) is 1. The smallest absolute Gasteiger partial charge is 0.323 e. The van der Waals surface area contributed by atoms with Crippen LogP contribution in [0.5, 0.6) is 0 Å². The maximum absolute atomic E-state index is 12.3. The Kier molecular flexibility index (Phi) is 6.42. The average Bonchev–Trinajstić information content (AvgIpc) is 3.08. The summed E-state index contributed by atoms with van der Waals surface area (Å²) in [6.45, 7) is 2.25. The van der Waals surface area contributed by atoms with Crippen molar-refractivity contribution in [3.8, 4) is 11.4 Å².